The topological polar surface area (TPSA) is 122 Å². The number of rotatable bonds is 5. The van der Waals surface area contributed by atoms with Crippen LogP contribution in [0.4, 0.5) is 14.7 Å². The summed E-state index contributed by atoms with van der Waals surface area (Å²) >= 11 is 0. The molecule has 2 fully saturated rings. The summed E-state index contributed by atoms with van der Waals surface area (Å²) < 4.78 is 59.8. The molecular weight excluding hydrogens is 506 g/mol. The first-order valence-corrected chi connectivity index (χ1v) is 13.9. The number of alkyl halides is 2. The molecule has 196 valence electrons. The van der Waals surface area contributed by atoms with E-state index in [1.54, 1.807) is 24.5 Å². The predicted octanol–water partition coefficient (Wildman–Crippen LogP) is 2.74. The second kappa shape index (κ2) is 9.26. The zero-order chi connectivity index (χ0) is 25.7. The average molecular weight is 533 g/mol. The van der Waals surface area contributed by atoms with Crippen LogP contribution in [0.25, 0.3) is 33.5 Å². The molecule has 0 amide bonds. The normalized spacial score (nSPS) is 18.4. The largest absolute Gasteiger partial charge is 0.378 e. The number of halogens is 2. The van der Waals surface area contributed by atoms with Crippen molar-refractivity contribution in [1.82, 2.24) is 33.8 Å². The lowest BCUT2D eigenvalue weighted by Crippen LogP contribution is -2.38. The molecule has 4 aromatic rings. The third-order valence-electron chi connectivity index (χ3n) is 6.98. The Morgan fingerprint density at radius 1 is 1.05 bits per heavy atom. The molecule has 14 heteroatoms. The standard InChI is InChI=1S/C23H26F2N8O3S/c1-37(34,35)32-7-5-14(6-8-32)33-13-26-19-18(29-23(30-22(19)33)31-9-11-36-12-10-31)15-3-2-4-16-17(15)28-21(27-16)20(24)25/h2-4,13-14,20H,5-12H2,1H3,(H,27,28). The van der Waals surface area contributed by atoms with Gasteiger partial charge in [0.25, 0.3) is 6.43 Å². The van der Waals surface area contributed by atoms with Crippen LogP contribution in [0.15, 0.2) is 24.5 Å². The highest BCUT2D eigenvalue weighted by atomic mass is 32.2. The first-order valence-electron chi connectivity index (χ1n) is 12.1. The summed E-state index contributed by atoms with van der Waals surface area (Å²) in [5.41, 5.74) is 3.13. The maximum absolute atomic E-state index is 13.4. The van der Waals surface area contributed by atoms with Gasteiger partial charge in [-0.3, -0.25) is 0 Å². The number of aromatic nitrogens is 6. The molecule has 11 nitrogen and oxygen atoms in total. The van der Waals surface area contributed by atoms with Gasteiger partial charge in [0.1, 0.15) is 11.2 Å². The van der Waals surface area contributed by atoms with E-state index in [2.05, 4.69) is 15.0 Å². The third-order valence-corrected chi connectivity index (χ3v) is 8.29. The van der Waals surface area contributed by atoms with Gasteiger partial charge in [-0.15, -0.1) is 0 Å². The molecule has 0 aliphatic carbocycles. The van der Waals surface area contributed by atoms with Gasteiger partial charge in [-0.2, -0.15) is 4.98 Å². The van der Waals surface area contributed by atoms with Gasteiger partial charge in [-0.25, -0.2) is 36.5 Å². The first kappa shape index (κ1) is 24.1. The summed E-state index contributed by atoms with van der Waals surface area (Å²) in [6.45, 7) is 3.17. The lowest BCUT2D eigenvalue weighted by Gasteiger charge is -2.31. The quantitative estimate of drug-likeness (QED) is 0.416. The Balaban J connectivity index is 1.48. The van der Waals surface area contributed by atoms with Gasteiger partial charge in [-0.05, 0) is 18.9 Å². The summed E-state index contributed by atoms with van der Waals surface area (Å²) in [6, 6.07) is 5.28. The van der Waals surface area contributed by atoms with Crippen LogP contribution in [0.2, 0.25) is 0 Å². The van der Waals surface area contributed by atoms with E-state index in [1.165, 1.54) is 10.6 Å². The minimum atomic E-state index is -3.25. The zero-order valence-corrected chi connectivity index (χ0v) is 21.0. The smallest absolute Gasteiger partial charge is 0.295 e. The maximum atomic E-state index is 13.4. The molecule has 1 N–H and O–H groups in total. The van der Waals surface area contributed by atoms with Crippen molar-refractivity contribution in [2.24, 2.45) is 0 Å². The molecule has 0 atom stereocenters. The van der Waals surface area contributed by atoms with E-state index in [4.69, 9.17) is 14.7 Å². The number of hydrogen-bond acceptors (Lipinski definition) is 8. The molecule has 3 aromatic heterocycles. The Hall–Kier alpha value is -3.23. The van der Waals surface area contributed by atoms with E-state index in [9.17, 15) is 17.2 Å². The number of para-hydroxylation sites is 1. The van der Waals surface area contributed by atoms with Gasteiger partial charge < -0.3 is 19.2 Å². The van der Waals surface area contributed by atoms with Gasteiger partial charge in [0.2, 0.25) is 16.0 Å². The number of nitrogens with zero attached hydrogens (tertiary/aromatic N) is 7. The van der Waals surface area contributed by atoms with Crippen LogP contribution < -0.4 is 4.90 Å². The second-order valence-electron chi connectivity index (χ2n) is 9.31. The Kier molecular flexibility index (Phi) is 6.04. The molecule has 0 saturated carbocycles. The number of ether oxygens (including phenoxy) is 1. The van der Waals surface area contributed by atoms with Crippen LogP contribution in [-0.2, 0) is 14.8 Å². The minimum Gasteiger partial charge on any atom is -0.378 e. The van der Waals surface area contributed by atoms with Crippen molar-refractivity contribution in [1.29, 1.82) is 0 Å². The molecular formula is C23H26F2N8O3S. The van der Waals surface area contributed by atoms with Crippen molar-refractivity contribution in [3.63, 3.8) is 0 Å². The first-order chi connectivity index (χ1) is 17.8. The third kappa shape index (κ3) is 4.42. The number of piperidine rings is 1. The summed E-state index contributed by atoms with van der Waals surface area (Å²) in [5, 5.41) is 0. The summed E-state index contributed by atoms with van der Waals surface area (Å²) in [4.78, 5) is 23.3. The van der Waals surface area contributed by atoms with E-state index in [-0.39, 0.29) is 6.04 Å². The molecule has 2 aliphatic heterocycles. The molecule has 0 unspecified atom stereocenters. The number of fused-ring (bicyclic) bond motifs is 2. The highest BCUT2D eigenvalue weighted by molar-refractivity contribution is 7.88. The van der Waals surface area contributed by atoms with Crippen molar-refractivity contribution in [2.75, 3.05) is 50.5 Å². The number of morpholine rings is 1. The van der Waals surface area contributed by atoms with E-state index in [1.807, 2.05) is 9.47 Å². The van der Waals surface area contributed by atoms with Crippen molar-refractivity contribution >= 4 is 38.2 Å². The van der Waals surface area contributed by atoms with Gasteiger partial charge >= 0.3 is 0 Å². The predicted molar refractivity (Wildman–Crippen MR) is 133 cm³/mol. The highest BCUT2D eigenvalue weighted by Crippen LogP contribution is 2.35. The van der Waals surface area contributed by atoms with E-state index >= 15 is 0 Å². The fourth-order valence-electron chi connectivity index (χ4n) is 5.06. The molecule has 2 aliphatic rings. The summed E-state index contributed by atoms with van der Waals surface area (Å²) in [5.74, 6) is 0.104. The zero-order valence-electron chi connectivity index (χ0n) is 20.1. The molecule has 0 bridgehead atoms. The molecule has 6 rings (SSSR count). The van der Waals surface area contributed by atoms with Crippen LogP contribution in [0.3, 0.4) is 0 Å². The summed E-state index contributed by atoms with van der Waals surface area (Å²) in [7, 11) is -3.25. The van der Waals surface area contributed by atoms with Crippen molar-refractivity contribution in [3.8, 4) is 11.3 Å². The summed E-state index contributed by atoms with van der Waals surface area (Å²) in [6.07, 6.45) is 1.45. The second-order valence-corrected chi connectivity index (χ2v) is 11.3. The number of nitrogens with one attached hydrogen (secondary N) is 1. The van der Waals surface area contributed by atoms with Gasteiger partial charge in [0.15, 0.2) is 11.5 Å². The number of aromatic amines is 1. The molecule has 5 heterocycles. The van der Waals surface area contributed by atoms with Crippen LogP contribution in [0.1, 0.15) is 31.1 Å². The number of hydrogen-bond donors (Lipinski definition) is 1. The molecule has 0 spiro atoms. The number of benzene rings is 1. The van der Waals surface area contributed by atoms with E-state index in [0.717, 1.165) is 0 Å². The number of imidazole rings is 2. The van der Waals surface area contributed by atoms with Crippen molar-refractivity contribution < 1.29 is 21.9 Å². The van der Waals surface area contributed by atoms with Crippen LogP contribution in [0.5, 0.6) is 0 Å². The monoisotopic (exact) mass is 532 g/mol. The molecule has 2 saturated heterocycles. The van der Waals surface area contributed by atoms with Crippen LogP contribution in [0, 0.1) is 0 Å². The van der Waals surface area contributed by atoms with Crippen molar-refractivity contribution in [2.45, 2.75) is 25.3 Å². The Morgan fingerprint density at radius 2 is 1.81 bits per heavy atom. The fraction of sp³-hybridized carbons (Fsp3) is 0.478. The lowest BCUT2D eigenvalue weighted by atomic mass is 10.1. The Bertz CT molecular complexity index is 1560. The minimum absolute atomic E-state index is 0.00917. The van der Waals surface area contributed by atoms with E-state index in [0.29, 0.717) is 91.6 Å². The fourth-order valence-corrected chi connectivity index (χ4v) is 5.94. The van der Waals surface area contributed by atoms with Gasteiger partial charge in [0.05, 0.1) is 36.8 Å². The van der Waals surface area contributed by atoms with Crippen LogP contribution >= 0.6 is 0 Å². The molecule has 37 heavy (non-hydrogen) atoms. The van der Waals surface area contributed by atoms with Gasteiger partial charge in [-0.1, -0.05) is 12.1 Å². The maximum Gasteiger partial charge on any atom is 0.295 e. The number of H-pyrrole nitrogens is 1. The Morgan fingerprint density at radius 3 is 2.51 bits per heavy atom. The average Bonchev–Trinajstić information content (AvgIpc) is 3.53. The van der Waals surface area contributed by atoms with Gasteiger partial charge in [0, 0.05) is 37.8 Å². The lowest BCUT2D eigenvalue weighted by molar-refractivity contribution is 0.122. The molecule has 0 radical (unpaired) electrons. The number of anilines is 1. The SMILES string of the molecule is CS(=O)(=O)N1CCC(n2cnc3c(-c4cccc5[nH]c(C(F)F)nc45)nc(N4CCOCC4)nc32)CC1. The van der Waals surface area contributed by atoms with E-state index < -0.39 is 22.3 Å². The highest BCUT2D eigenvalue weighted by Gasteiger charge is 2.29. The number of sulfonamides is 1. The molecule has 1 aromatic carbocycles. The van der Waals surface area contributed by atoms with Crippen LogP contribution in [-0.4, -0.2) is 87.9 Å². The Labute approximate surface area is 211 Å². The van der Waals surface area contributed by atoms with Crippen molar-refractivity contribution in [3.05, 3.63) is 30.4 Å².